The van der Waals surface area contributed by atoms with E-state index in [2.05, 4.69) is 23.9 Å². The van der Waals surface area contributed by atoms with E-state index in [0.29, 0.717) is 31.1 Å². The molecule has 3 N–H and O–H groups in total. The van der Waals surface area contributed by atoms with Gasteiger partial charge < -0.3 is 14.8 Å². The molecule has 0 radical (unpaired) electrons. The van der Waals surface area contributed by atoms with Crippen LogP contribution in [0.15, 0.2) is 21.6 Å². The Bertz CT molecular complexity index is 509. The Kier molecular flexibility index (Phi) is 7.37. The minimum Gasteiger partial charge on any atom is -0.447 e. The van der Waals surface area contributed by atoms with Crippen molar-refractivity contribution in [2.75, 3.05) is 13.1 Å². The molecule has 122 valence electrons. The highest BCUT2D eigenvalue weighted by molar-refractivity contribution is 7.89. The maximum Gasteiger partial charge on any atom is 0.273 e. The molecule has 0 saturated carbocycles. The lowest BCUT2D eigenvalue weighted by atomic mass is 10.2. The normalized spacial score (nSPS) is 13.8. The van der Waals surface area contributed by atoms with Gasteiger partial charge in [0.15, 0.2) is 0 Å². The summed E-state index contributed by atoms with van der Waals surface area (Å²) >= 11 is 0. The van der Waals surface area contributed by atoms with Gasteiger partial charge in [0, 0.05) is 6.54 Å². The number of furan rings is 1. The number of rotatable bonds is 10. The molecule has 0 bridgehead atoms. The lowest BCUT2D eigenvalue weighted by Gasteiger charge is -2.06. The summed E-state index contributed by atoms with van der Waals surface area (Å²) in [4.78, 5) is 0. The van der Waals surface area contributed by atoms with Crippen molar-refractivity contribution < 1.29 is 17.9 Å². The molecule has 1 unspecified atom stereocenters. The van der Waals surface area contributed by atoms with Crippen LogP contribution >= 0.6 is 0 Å². The maximum atomic E-state index is 12.0. The molecule has 0 saturated heterocycles. The molecule has 0 aliphatic carbocycles. The van der Waals surface area contributed by atoms with Crippen LogP contribution in [0.4, 0.5) is 0 Å². The summed E-state index contributed by atoms with van der Waals surface area (Å²) in [6.45, 7) is 7.52. The van der Waals surface area contributed by atoms with Gasteiger partial charge in [0.1, 0.15) is 5.76 Å². The van der Waals surface area contributed by atoms with Crippen LogP contribution in [0, 0.1) is 5.92 Å². The third-order valence-electron chi connectivity index (χ3n) is 2.84. The first kappa shape index (κ1) is 18.2. The van der Waals surface area contributed by atoms with E-state index in [-0.39, 0.29) is 11.6 Å². The van der Waals surface area contributed by atoms with E-state index in [4.69, 9.17) is 9.52 Å². The molecule has 0 fully saturated rings. The zero-order valence-corrected chi connectivity index (χ0v) is 13.7. The molecule has 1 atom stereocenters. The van der Waals surface area contributed by atoms with Crippen molar-refractivity contribution in [3.05, 3.63) is 17.9 Å². The monoisotopic (exact) mass is 318 g/mol. The predicted octanol–water partition coefficient (Wildman–Crippen LogP) is 1.46. The Labute approximate surface area is 127 Å². The van der Waals surface area contributed by atoms with E-state index in [1.54, 1.807) is 13.0 Å². The number of aliphatic hydroxyl groups is 1. The summed E-state index contributed by atoms with van der Waals surface area (Å²) in [5.74, 6) is 1.12. The average Bonchev–Trinajstić information content (AvgIpc) is 2.83. The highest BCUT2D eigenvalue weighted by Crippen LogP contribution is 2.13. The minimum atomic E-state index is -3.60. The van der Waals surface area contributed by atoms with Crippen LogP contribution in [0.25, 0.3) is 0 Å². The van der Waals surface area contributed by atoms with Crippen molar-refractivity contribution in [3.8, 4) is 0 Å². The highest BCUT2D eigenvalue weighted by Gasteiger charge is 2.18. The second kappa shape index (κ2) is 8.53. The Balaban J connectivity index is 2.46. The number of nitrogens with one attached hydrogen (secondary N) is 2. The van der Waals surface area contributed by atoms with Gasteiger partial charge in [0.05, 0.1) is 12.6 Å². The first-order valence-electron chi connectivity index (χ1n) is 7.28. The van der Waals surface area contributed by atoms with Crippen molar-refractivity contribution in [2.24, 2.45) is 5.92 Å². The van der Waals surface area contributed by atoms with Crippen LogP contribution in [0.3, 0.4) is 0 Å². The molecular formula is C14H26N2O4S. The van der Waals surface area contributed by atoms with Gasteiger partial charge in [-0.3, -0.25) is 0 Å². The van der Waals surface area contributed by atoms with Gasteiger partial charge in [0.2, 0.25) is 5.09 Å². The lowest BCUT2D eigenvalue weighted by Crippen LogP contribution is -2.25. The highest BCUT2D eigenvalue weighted by atomic mass is 32.2. The second-order valence-corrected chi connectivity index (χ2v) is 7.33. The van der Waals surface area contributed by atoms with E-state index in [9.17, 15) is 8.42 Å². The average molecular weight is 318 g/mol. The molecule has 1 rings (SSSR count). The predicted molar refractivity (Wildman–Crippen MR) is 81.4 cm³/mol. The van der Waals surface area contributed by atoms with E-state index in [1.165, 1.54) is 6.07 Å². The fraction of sp³-hybridized carbons (Fsp3) is 0.714. The van der Waals surface area contributed by atoms with Crippen molar-refractivity contribution in [2.45, 2.75) is 51.4 Å². The van der Waals surface area contributed by atoms with E-state index in [0.717, 1.165) is 6.54 Å². The van der Waals surface area contributed by atoms with Gasteiger partial charge in [-0.25, -0.2) is 13.1 Å². The molecule has 0 aliphatic rings. The lowest BCUT2D eigenvalue weighted by molar-refractivity contribution is 0.182. The molecule has 1 aromatic rings. The van der Waals surface area contributed by atoms with Crippen LogP contribution in [-0.2, 0) is 16.6 Å². The topological polar surface area (TPSA) is 91.6 Å². The fourth-order valence-corrected chi connectivity index (χ4v) is 2.78. The first-order valence-corrected chi connectivity index (χ1v) is 8.76. The summed E-state index contributed by atoms with van der Waals surface area (Å²) in [5, 5.41) is 12.2. The zero-order chi connectivity index (χ0) is 15.9. The van der Waals surface area contributed by atoms with Crippen molar-refractivity contribution in [1.82, 2.24) is 10.0 Å². The Hall–Kier alpha value is -0.890. The van der Waals surface area contributed by atoms with E-state index < -0.39 is 16.1 Å². The van der Waals surface area contributed by atoms with Crippen LogP contribution in [0.1, 0.15) is 39.4 Å². The molecule has 0 aliphatic heterocycles. The molecule has 6 nitrogen and oxygen atoms in total. The smallest absolute Gasteiger partial charge is 0.273 e. The van der Waals surface area contributed by atoms with Gasteiger partial charge in [-0.05, 0) is 44.4 Å². The number of aliphatic hydroxyl groups excluding tert-OH is 1. The van der Waals surface area contributed by atoms with Crippen molar-refractivity contribution >= 4 is 10.0 Å². The van der Waals surface area contributed by atoms with Gasteiger partial charge in [0.25, 0.3) is 10.0 Å². The van der Waals surface area contributed by atoms with E-state index in [1.807, 2.05) is 0 Å². The number of sulfonamides is 1. The Morgan fingerprint density at radius 3 is 2.62 bits per heavy atom. The largest absolute Gasteiger partial charge is 0.447 e. The maximum absolute atomic E-state index is 12.0. The van der Waals surface area contributed by atoms with Gasteiger partial charge in [-0.1, -0.05) is 13.8 Å². The molecule has 0 aromatic carbocycles. The standard InChI is InChI=1S/C14H26N2O4S/c1-11(2)9-15-10-13-6-7-14(20-13)21(18,19)16-8-4-5-12(3)17/h6-7,11-12,15-17H,4-5,8-10H2,1-3H3. The van der Waals surface area contributed by atoms with Crippen LogP contribution in [-0.4, -0.2) is 32.7 Å². The Morgan fingerprint density at radius 1 is 1.29 bits per heavy atom. The fourth-order valence-electron chi connectivity index (χ4n) is 1.76. The molecule has 21 heavy (non-hydrogen) atoms. The van der Waals surface area contributed by atoms with E-state index >= 15 is 0 Å². The molecule has 1 heterocycles. The van der Waals surface area contributed by atoms with Gasteiger partial charge >= 0.3 is 0 Å². The number of hydrogen-bond acceptors (Lipinski definition) is 5. The molecule has 1 aromatic heterocycles. The number of hydrogen-bond donors (Lipinski definition) is 3. The van der Waals surface area contributed by atoms with Crippen molar-refractivity contribution in [3.63, 3.8) is 0 Å². The summed E-state index contributed by atoms with van der Waals surface area (Å²) in [6, 6.07) is 3.13. The van der Waals surface area contributed by atoms with Crippen molar-refractivity contribution in [1.29, 1.82) is 0 Å². The molecular weight excluding hydrogens is 292 g/mol. The second-order valence-electron chi connectivity index (χ2n) is 5.63. The van der Waals surface area contributed by atoms with Gasteiger partial charge in [-0.2, -0.15) is 0 Å². The molecule has 0 spiro atoms. The molecule has 7 heteroatoms. The third-order valence-corrected chi connectivity index (χ3v) is 4.18. The Morgan fingerprint density at radius 2 is 2.00 bits per heavy atom. The summed E-state index contributed by atoms with van der Waals surface area (Å²) < 4.78 is 31.8. The summed E-state index contributed by atoms with van der Waals surface area (Å²) in [6.07, 6.45) is 0.725. The molecule has 0 amide bonds. The summed E-state index contributed by atoms with van der Waals surface area (Å²) in [7, 11) is -3.60. The third kappa shape index (κ3) is 7.08. The van der Waals surface area contributed by atoms with Crippen LogP contribution in [0.2, 0.25) is 0 Å². The van der Waals surface area contributed by atoms with Crippen LogP contribution < -0.4 is 10.0 Å². The van der Waals surface area contributed by atoms with Crippen LogP contribution in [0.5, 0.6) is 0 Å². The minimum absolute atomic E-state index is 0.0686. The SMILES string of the molecule is CC(C)CNCc1ccc(S(=O)(=O)NCCCC(C)O)o1. The summed E-state index contributed by atoms with van der Waals surface area (Å²) in [5.41, 5.74) is 0. The van der Waals surface area contributed by atoms with Gasteiger partial charge in [-0.15, -0.1) is 0 Å². The quantitative estimate of drug-likeness (QED) is 0.568. The zero-order valence-electron chi connectivity index (χ0n) is 12.9. The first-order chi connectivity index (χ1) is 9.81.